The molecule has 2 aromatic carbocycles. The number of hydrogen-bond donors (Lipinski definition) is 0. The molecule has 0 saturated heterocycles. The zero-order valence-corrected chi connectivity index (χ0v) is 14.8. The molecule has 0 atom stereocenters. The minimum absolute atomic E-state index is 0.197. The molecule has 2 rings (SSSR count). The van der Waals surface area contributed by atoms with Gasteiger partial charge in [0.05, 0.1) is 6.42 Å². The Balaban J connectivity index is 1.73. The summed E-state index contributed by atoms with van der Waals surface area (Å²) in [6.45, 7) is 3.97. The highest BCUT2D eigenvalue weighted by molar-refractivity contribution is 5.78. The van der Waals surface area contributed by atoms with Crippen LogP contribution < -0.4 is 9.64 Å². The summed E-state index contributed by atoms with van der Waals surface area (Å²) in [6, 6.07) is 15.3. The number of rotatable bonds is 7. The molecule has 0 heterocycles. The molecule has 0 unspecified atom stereocenters. The molecule has 0 saturated carbocycles. The van der Waals surface area contributed by atoms with Gasteiger partial charge in [-0.2, -0.15) is 0 Å². The van der Waals surface area contributed by atoms with E-state index in [-0.39, 0.29) is 13.0 Å². The zero-order chi connectivity index (χ0) is 18.2. The summed E-state index contributed by atoms with van der Waals surface area (Å²) < 4.78 is 10.2. The number of benzene rings is 2. The Bertz CT molecular complexity index is 707. The second kappa shape index (κ2) is 8.87. The van der Waals surface area contributed by atoms with Gasteiger partial charge in [0.2, 0.25) is 0 Å². The first-order valence-electron chi connectivity index (χ1n) is 8.15. The van der Waals surface area contributed by atoms with Crippen molar-refractivity contribution in [2.75, 3.05) is 25.1 Å². The number of nitrogens with zero attached hydrogens (tertiary/aromatic N) is 1. The first kappa shape index (κ1) is 18.5. The lowest BCUT2D eigenvalue weighted by molar-refractivity contribution is -0.153. The van der Waals surface area contributed by atoms with Crippen LogP contribution in [0.4, 0.5) is 5.69 Å². The van der Waals surface area contributed by atoms with Crippen LogP contribution in [0.5, 0.6) is 5.75 Å². The Morgan fingerprint density at radius 1 is 0.960 bits per heavy atom. The number of esters is 2. The molecule has 0 radical (unpaired) electrons. The van der Waals surface area contributed by atoms with Gasteiger partial charge in [-0.05, 0) is 49.2 Å². The fourth-order valence-corrected chi connectivity index (χ4v) is 2.43. The zero-order valence-electron chi connectivity index (χ0n) is 14.8. The van der Waals surface area contributed by atoms with Gasteiger partial charge in [0.1, 0.15) is 5.75 Å². The number of aryl methyl sites for hydroxylation is 2. The average molecular weight is 341 g/mol. The third kappa shape index (κ3) is 6.30. The number of anilines is 1. The predicted molar refractivity (Wildman–Crippen MR) is 96.8 cm³/mol. The van der Waals surface area contributed by atoms with Crippen LogP contribution in [0.2, 0.25) is 0 Å². The lowest BCUT2D eigenvalue weighted by Crippen LogP contribution is -2.24. The second-order valence-corrected chi connectivity index (χ2v) is 5.97. The van der Waals surface area contributed by atoms with E-state index in [4.69, 9.17) is 9.47 Å². The molecule has 2 aromatic rings. The van der Waals surface area contributed by atoms with Gasteiger partial charge in [0.25, 0.3) is 0 Å². The molecule has 0 amide bonds. The number of para-hydroxylation sites is 1. The monoisotopic (exact) mass is 341 g/mol. The molecule has 0 aliphatic heterocycles. The summed E-state index contributed by atoms with van der Waals surface area (Å²) in [4.78, 5) is 25.5. The highest BCUT2D eigenvalue weighted by Crippen LogP contribution is 2.16. The smallest absolute Gasteiger partial charge is 0.349 e. The first-order valence-corrected chi connectivity index (χ1v) is 8.15. The van der Waals surface area contributed by atoms with Crippen molar-refractivity contribution in [3.05, 3.63) is 59.7 Å². The Labute approximate surface area is 148 Å². The second-order valence-electron chi connectivity index (χ2n) is 5.97. The van der Waals surface area contributed by atoms with Gasteiger partial charge in [-0.3, -0.25) is 4.79 Å². The van der Waals surface area contributed by atoms with E-state index in [0.717, 1.165) is 16.8 Å². The number of carbonyl (C=O) groups excluding carboxylic acids is 2. The van der Waals surface area contributed by atoms with E-state index < -0.39 is 11.9 Å². The normalized spacial score (nSPS) is 10.2. The Morgan fingerprint density at radius 2 is 1.60 bits per heavy atom. The summed E-state index contributed by atoms with van der Waals surface area (Å²) in [5.74, 6) is -0.558. The SMILES string of the molecule is Cc1cc(C)cc(OC(=O)COC(=O)CCN(C)c2ccccc2)c1. The summed E-state index contributed by atoms with van der Waals surface area (Å²) >= 11 is 0. The van der Waals surface area contributed by atoms with Crippen LogP contribution in [0.3, 0.4) is 0 Å². The van der Waals surface area contributed by atoms with Crippen LogP contribution in [0.25, 0.3) is 0 Å². The Morgan fingerprint density at radius 3 is 2.24 bits per heavy atom. The molecule has 5 heteroatoms. The van der Waals surface area contributed by atoms with Crippen molar-refractivity contribution in [3.63, 3.8) is 0 Å². The number of hydrogen-bond acceptors (Lipinski definition) is 5. The van der Waals surface area contributed by atoms with Crippen LogP contribution in [0.15, 0.2) is 48.5 Å². The molecule has 0 N–H and O–H groups in total. The van der Waals surface area contributed by atoms with Crippen molar-refractivity contribution < 1.29 is 19.1 Å². The van der Waals surface area contributed by atoms with Gasteiger partial charge in [-0.25, -0.2) is 4.79 Å². The maximum absolute atomic E-state index is 11.8. The minimum Gasteiger partial charge on any atom is -0.454 e. The lowest BCUT2D eigenvalue weighted by Gasteiger charge is -2.18. The number of carbonyl (C=O) groups is 2. The maximum Gasteiger partial charge on any atom is 0.349 e. The van der Waals surface area contributed by atoms with E-state index >= 15 is 0 Å². The largest absolute Gasteiger partial charge is 0.454 e. The maximum atomic E-state index is 11.8. The molecule has 0 bridgehead atoms. The first-order chi connectivity index (χ1) is 11.9. The van der Waals surface area contributed by atoms with Crippen LogP contribution in [-0.2, 0) is 14.3 Å². The molecule has 0 aliphatic carbocycles. The fraction of sp³-hybridized carbons (Fsp3) is 0.300. The average Bonchev–Trinajstić information content (AvgIpc) is 2.57. The van der Waals surface area contributed by atoms with Gasteiger partial charge in [-0.15, -0.1) is 0 Å². The third-order valence-corrected chi connectivity index (χ3v) is 3.63. The van der Waals surface area contributed by atoms with Crippen molar-refractivity contribution in [2.24, 2.45) is 0 Å². The molecule has 25 heavy (non-hydrogen) atoms. The molecular formula is C20H23NO4. The predicted octanol–water partition coefficient (Wildman–Crippen LogP) is 3.28. The van der Waals surface area contributed by atoms with E-state index in [1.165, 1.54) is 0 Å². The van der Waals surface area contributed by atoms with Gasteiger partial charge in [0.15, 0.2) is 6.61 Å². The van der Waals surface area contributed by atoms with E-state index in [9.17, 15) is 9.59 Å². The van der Waals surface area contributed by atoms with Crippen molar-refractivity contribution in [1.82, 2.24) is 0 Å². The fourth-order valence-electron chi connectivity index (χ4n) is 2.43. The topological polar surface area (TPSA) is 55.8 Å². The number of ether oxygens (including phenoxy) is 2. The van der Waals surface area contributed by atoms with Gasteiger partial charge in [-0.1, -0.05) is 24.3 Å². The standard InChI is InChI=1S/C20H23NO4/c1-15-11-16(2)13-18(12-15)25-20(23)14-24-19(22)9-10-21(3)17-7-5-4-6-8-17/h4-8,11-13H,9-10,14H2,1-3H3. The van der Waals surface area contributed by atoms with Crippen LogP contribution in [0.1, 0.15) is 17.5 Å². The van der Waals surface area contributed by atoms with Crippen molar-refractivity contribution >= 4 is 17.6 Å². The van der Waals surface area contributed by atoms with Crippen LogP contribution in [0, 0.1) is 13.8 Å². The summed E-state index contributed by atoms with van der Waals surface area (Å²) in [6.07, 6.45) is 0.197. The molecule has 132 valence electrons. The van der Waals surface area contributed by atoms with Gasteiger partial charge in [0, 0.05) is 19.3 Å². The minimum atomic E-state index is -0.588. The van der Waals surface area contributed by atoms with E-state index in [1.807, 2.05) is 62.2 Å². The van der Waals surface area contributed by atoms with E-state index in [0.29, 0.717) is 12.3 Å². The molecule has 0 spiro atoms. The molecule has 0 fully saturated rings. The quantitative estimate of drug-likeness (QED) is 0.571. The van der Waals surface area contributed by atoms with Gasteiger partial charge < -0.3 is 14.4 Å². The van der Waals surface area contributed by atoms with Gasteiger partial charge >= 0.3 is 11.9 Å². The summed E-state index contributed by atoms with van der Waals surface area (Å²) in [5, 5.41) is 0. The Hall–Kier alpha value is -2.82. The lowest BCUT2D eigenvalue weighted by atomic mass is 10.1. The van der Waals surface area contributed by atoms with Crippen LogP contribution >= 0.6 is 0 Å². The highest BCUT2D eigenvalue weighted by Gasteiger charge is 2.11. The van der Waals surface area contributed by atoms with Crippen molar-refractivity contribution in [3.8, 4) is 5.75 Å². The van der Waals surface area contributed by atoms with Crippen LogP contribution in [-0.4, -0.2) is 32.1 Å². The highest BCUT2D eigenvalue weighted by atomic mass is 16.6. The van der Waals surface area contributed by atoms with Crippen molar-refractivity contribution in [1.29, 1.82) is 0 Å². The van der Waals surface area contributed by atoms with E-state index in [2.05, 4.69) is 0 Å². The van der Waals surface area contributed by atoms with E-state index in [1.54, 1.807) is 12.1 Å². The Kier molecular flexibility index (Phi) is 6.57. The summed E-state index contributed by atoms with van der Waals surface area (Å²) in [7, 11) is 1.90. The summed E-state index contributed by atoms with van der Waals surface area (Å²) in [5.41, 5.74) is 3.03. The van der Waals surface area contributed by atoms with Crippen molar-refractivity contribution in [2.45, 2.75) is 20.3 Å². The molecular weight excluding hydrogens is 318 g/mol. The third-order valence-electron chi connectivity index (χ3n) is 3.63. The molecule has 5 nitrogen and oxygen atoms in total. The molecule has 0 aliphatic rings. The molecule has 0 aromatic heterocycles.